The molecular formula is C11H13N3O2S3. The summed E-state index contributed by atoms with van der Waals surface area (Å²) in [7, 11) is -3.46. The zero-order valence-electron chi connectivity index (χ0n) is 10.5. The van der Waals surface area contributed by atoms with Gasteiger partial charge in [-0.15, -0.1) is 10.2 Å². The van der Waals surface area contributed by atoms with E-state index in [4.69, 9.17) is 0 Å². The Morgan fingerprint density at radius 1 is 1.32 bits per heavy atom. The van der Waals surface area contributed by atoms with Crippen molar-refractivity contribution in [1.82, 2.24) is 10.2 Å². The molecule has 5 nitrogen and oxygen atoms in total. The number of hydrogen-bond acceptors (Lipinski definition) is 6. The van der Waals surface area contributed by atoms with Crippen LogP contribution in [0, 0.1) is 6.92 Å². The third-order valence-electron chi connectivity index (χ3n) is 2.43. The average Bonchev–Trinajstić information content (AvgIpc) is 2.78. The fourth-order valence-corrected chi connectivity index (χ4v) is 4.16. The zero-order chi connectivity index (χ0) is 13.9. The molecule has 1 aromatic carbocycles. The van der Waals surface area contributed by atoms with E-state index in [0.29, 0.717) is 5.13 Å². The van der Waals surface area contributed by atoms with E-state index in [1.54, 1.807) is 0 Å². The molecule has 2 aromatic rings. The molecule has 0 atom stereocenters. The van der Waals surface area contributed by atoms with Gasteiger partial charge in [-0.25, -0.2) is 8.42 Å². The minimum Gasteiger partial charge on any atom is -0.257 e. The van der Waals surface area contributed by atoms with Gasteiger partial charge in [0.1, 0.15) is 0 Å². The van der Waals surface area contributed by atoms with Crippen LogP contribution < -0.4 is 4.72 Å². The zero-order valence-corrected chi connectivity index (χ0v) is 12.9. The van der Waals surface area contributed by atoms with Crippen LogP contribution in [-0.4, -0.2) is 24.9 Å². The molecule has 1 heterocycles. The van der Waals surface area contributed by atoms with Crippen molar-refractivity contribution in [2.75, 3.05) is 11.0 Å². The first-order valence-corrected chi connectivity index (χ1v) is 9.12. The molecule has 8 heteroatoms. The lowest BCUT2D eigenvalue weighted by atomic mass is 10.1. The molecule has 1 N–H and O–H groups in total. The van der Waals surface area contributed by atoms with Gasteiger partial charge in [-0.05, 0) is 24.3 Å². The van der Waals surface area contributed by atoms with Crippen LogP contribution in [0.3, 0.4) is 0 Å². The molecule has 1 aromatic heterocycles. The molecule has 0 fully saturated rings. The Labute approximate surface area is 120 Å². The van der Waals surface area contributed by atoms with Gasteiger partial charge in [0, 0.05) is 0 Å². The van der Waals surface area contributed by atoms with Gasteiger partial charge in [-0.2, -0.15) is 0 Å². The Kier molecular flexibility index (Phi) is 4.43. The van der Waals surface area contributed by atoms with E-state index in [-0.39, 0.29) is 5.75 Å². The van der Waals surface area contributed by atoms with E-state index in [0.717, 1.165) is 15.5 Å². The van der Waals surface area contributed by atoms with Crippen molar-refractivity contribution in [2.24, 2.45) is 0 Å². The minimum absolute atomic E-state index is 0.0617. The molecule has 0 amide bonds. The number of nitrogens with zero attached hydrogens (tertiary/aromatic N) is 2. The van der Waals surface area contributed by atoms with Crippen LogP contribution in [0.4, 0.5) is 5.13 Å². The highest BCUT2D eigenvalue weighted by atomic mass is 32.2. The molecule has 0 aliphatic heterocycles. The van der Waals surface area contributed by atoms with Gasteiger partial charge in [-0.3, -0.25) is 4.72 Å². The molecule has 0 bridgehead atoms. The van der Waals surface area contributed by atoms with Crippen molar-refractivity contribution in [3.05, 3.63) is 35.4 Å². The molecule has 2 rings (SSSR count). The first-order chi connectivity index (χ1) is 9.00. The van der Waals surface area contributed by atoms with Crippen LogP contribution >= 0.6 is 23.1 Å². The molecule has 0 saturated carbocycles. The highest BCUT2D eigenvalue weighted by Gasteiger charge is 2.15. The van der Waals surface area contributed by atoms with Crippen molar-refractivity contribution >= 4 is 38.3 Å². The fraction of sp³-hybridized carbons (Fsp3) is 0.273. The smallest absolute Gasteiger partial charge is 0.238 e. The van der Waals surface area contributed by atoms with Crippen LogP contribution in [0.25, 0.3) is 0 Å². The van der Waals surface area contributed by atoms with Crippen LogP contribution in [0.15, 0.2) is 28.6 Å². The number of nitrogens with one attached hydrogen (secondary N) is 1. The quantitative estimate of drug-likeness (QED) is 0.858. The van der Waals surface area contributed by atoms with Crippen LogP contribution in [0.5, 0.6) is 0 Å². The minimum atomic E-state index is -3.46. The van der Waals surface area contributed by atoms with E-state index in [1.807, 2.05) is 37.4 Å². The summed E-state index contributed by atoms with van der Waals surface area (Å²) in [4.78, 5) is 0. The second-order valence-electron chi connectivity index (χ2n) is 3.86. The molecule has 0 aliphatic rings. The Balaban J connectivity index is 2.13. The summed E-state index contributed by atoms with van der Waals surface area (Å²) >= 11 is 2.66. The largest absolute Gasteiger partial charge is 0.257 e. The van der Waals surface area contributed by atoms with Gasteiger partial charge in [0.2, 0.25) is 15.2 Å². The van der Waals surface area contributed by atoms with Gasteiger partial charge in [-0.1, -0.05) is 47.4 Å². The summed E-state index contributed by atoms with van der Waals surface area (Å²) in [5, 5.41) is 7.95. The Bertz CT molecular complexity index is 667. The fourth-order valence-electron chi connectivity index (χ4n) is 1.48. The summed E-state index contributed by atoms with van der Waals surface area (Å²) in [6, 6.07) is 7.41. The number of rotatable bonds is 5. The number of thioether (sulfide) groups is 1. The number of benzene rings is 1. The third-order valence-corrected chi connectivity index (χ3v) is 5.57. The molecule has 0 aliphatic carbocycles. The van der Waals surface area contributed by atoms with Crippen molar-refractivity contribution in [3.63, 3.8) is 0 Å². The van der Waals surface area contributed by atoms with Crippen molar-refractivity contribution in [1.29, 1.82) is 0 Å². The number of aryl methyl sites for hydroxylation is 1. The van der Waals surface area contributed by atoms with Crippen LogP contribution in [0.1, 0.15) is 11.1 Å². The molecule has 0 saturated heterocycles. The Hall–Kier alpha value is -1.12. The lowest BCUT2D eigenvalue weighted by Gasteiger charge is -2.07. The Morgan fingerprint density at radius 3 is 2.68 bits per heavy atom. The topological polar surface area (TPSA) is 72.0 Å². The number of sulfonamides is 1. The van der Waals surface area contributed by atoms with Gasteiger partial charge < -0.3 is 0 Å². The monoisotopic (exact) mass is 315 g/mol. The molecule has 0 radical (unpaired) electrons. The number of aromatic nitrogens is 2. The van der Waals surface area contributed by atoms with E-state index < -0.39 is 10.0 Å². The summed E-state index contributed by atoms with van der Waals surface area (Å²) < 4.78 is 27.3. The van der Waals surface area contributed by atoms with Crippen LogP contribution in [-0.2, 0) is 15.8 Å². The second-order valence-corrected chi connectivity index (χ2v) is 7.62. The van der Waals surface area contributed by atoms with E-state index >= 15 is 0 Å². The van der Waals surface area contributed by atoms with E-state index in [1.165, 1.54) is 23.1 Å². The highest BCUT2D eigenvalue weighted by molar-refractivity contribution is 8.00. The van der Waals surface area contributed by atoms with Crippen molar-refractivity contribution in [2.45, 2.75) is 17.0 Å². The predicted molar refractivity (Wildman–Crippen MR) is 79.1 cm³/mol. The van der Waals surface area contributed by atoms with E-state index in [9.17, 15) is 8.42 Å². The second kappa shape index (κ2) is 5.89. The van der Waals surface area contributed by atoms with Crippen LogP contribution in [0.2, 0.25) is 0 Å². The summed E-state index contributed by atoms with van der Waals surface area (Å²) in [6.45, 7) is 1.89. The van der Waals surface area contributed by atoms with Gasteiger partial charge in [0.05, 0.1) is 5.75 Å². The summed E-state index contributed by atoms with van der Waals surface area (Å²) in [5.41, 5.74) is 1.74. The third kappa shape index (κ3) is 3.92. The standard InChI is InChI=1S/C11H13N3O2S3/c1-8-5-3-4-6-9(8)7-19(15,16)14-10-12-13-11(17-2)18-10/h3-6H,7H2,1-2H3,(H,12,14). The SMILES string of the molecule is CSc1nnc(NS(=O)(=O)Cc2ccccc2C)s1. The number of anilines is 1. The lowest BCUT2D eigenvalue weighted by Crippen LogP contribution is -2.15. The van der Waals surface area contributed by atoms with E-state index in [2.05, 4.69) is 14.9 Å². The van der Waals surface area contributed by atoms with Gasteiger partial charge in [0.25, 0.3) is 0 Å². The molecule has 0 unspecified atom stereocenters. The normalized spacial score (nSPS) is 11.5. The lowest BCUT2D eigenvalue weighted by molar-refractivity contribution is 0.600. The van der Waals surface area contributed by atoms with Crippen molar-refractivity contribution in [3.8, 4) is 0 Å². The molecule has 102 valence electrons. The summed E-state index contributed by atoms with van der Waals surface area (Å²) in [6.07, 6.45) is 1.87. The van der Waals surface area contributed by atoms with Gasteiger partial charge in [0.15, 0.2) is 4.34 Å². The first kappa shape index (κ1) is 14.3. The Morgan fingerprint density at radius 2 is 2.05 bits per heavy atom. The maximum Gasteiger partial charge on any atom is 0.238 e. The summed E-state index contributed by atoms with van der Waals surface area (Å²) in [5.74, 6) is -0.0617. The molecular weight excluding hydrogens is 302 g/mol. The van der Waals surface area contributed by atoms with Crippen molar-refractivity contribution < 1.29 is 8.42 Å². The maximum atomic E-state index is 12.0. The maximum absolute atomic E-state index is 12.0. The predicted octanol–water partition coefficient (Wildman–Crippen LogP) is 2.51. The molecule has 0 spiro atoms. The van der Waals surface area contributed by atoms with Gasteiger partial charge >= 0.3 is 0 Å². The number of hydrogen-bond donors (Lipinski definition) is 1. The highest BCUT2D eigenvalue weighted by Crippen LogP contribution is 2.24. The first-order valence-electron chi connectivity index (χ1n) is 5.42. The molecule has 19 heavy (non-hydrogen) atoms. The average molecular weight is 315 g/mol.